The largest absolute Gasteiger partial charge is 0.416 e. The van der Waals surface area contributed by atoms with Gasteiger partial charge in [0.2, 0.25) is 10.0 Å². The lowest BCUT2D eigenvalue weighted by molar-refractivity contribution is -0.143. The van der Waals surface area contributed by atoms with Crippen LogP contribution in [-0.2, 0) is 32.4 Å². The second-order valence-corrected chi connectivity index (χ2v) is 10.2. The number of nitrogens with one attached hydrogen (secondary N) is 2. The van der Waals surface area contributed by atoms with E-state index in [1.807, 2.05) is 0 Å². The Morgan fingerprint density at radius 2 is 1.23 bits per heavy atom. The molecule has 0 amide bonds. The molecular formula is C17H14F6N2O4S2. The van der Waals surface area contributed by atoms with Crippen LogP contribution in [0.4, 0.5) is 32.0 Å². The van der Waals surface area contributed by atoms with Gasteiger partial charge in [-0.15, -0.1) is 0 Å². The van der Waals surface area contributed by atoms with E-state index in [-0.39, 0.29) is 24.2 Å². The number of hydrogen-bond donors (Lipinski definition) is 2. The maximum Gasteiger partial charge on any atom is 0.416 e. The van der Waals surface area contributed by atoms with Crippen LogP contribution in [0.25, 0.3) is 0 Å². The monoisotopic (exact) mass is 488 g/mol. The summed E-state index contributed by atoms with van der Waals surface area (Å²) in [5, 5.41) is 0. The summed E-state index contributed by atoms with van der Waals surface area (Å²) in [6.45, 7) is 0. The number of hydrogen-bond acceptors (Lipinski definition) is 4. The molecule has 6 nitrogen and oxygen atoms in total. The summed E-state index contributed by atoms with van der Waals surface area (Å²) >= 11 is 0. The highest BCUT2D eigenvalue weighted by Gasteiger charge is 2.37. The first-order valence-corrected chi connectivity index (χ1v) is 11.5. The minimum Gasteiger partial charge on any atom is -0.280 e. The maximum atomic E-state index is 13.0. The molecule has 3 rings (SSSR count). The molecule has 0 bridgehead atoms. The van der Waals surface area contributed by atoms with Gasteiger partial charge < -0.3 is 0 Å². The number of anilines is 1. The third kappa shape index (κ3) is 5.68. The second-order valence-electron chi connectivity index (χ2n) is 6.77. The van der Waals surface area contributed by atoms with Crippen LogP contribution >= 0.6 is 0 Å². The van der Waals surface area contributed by atoms with E-state index in [1.165, 1.54) is 0 Å². The predicted molar refractivity (Wildman–Crippen MR) is 97.0 cm³/mol. The number of alkyl halides is 6. The molecule has 31 heavy (non-hydrogen) atoms. The fourth-order valence-electron chi connectivity index (χ4n) is 2.53. The first-order chi connectivity index (χ1) is 14.1. The van der Waals surface area contributed by atoms with Crippen LogP contribution < -0.4 is 9.44 Å². The molecule has 14 heteroatoms. The van der Waals surface area contributed by atoms with Crippen molar-refractivity contribution in [2.24, 2.45) is 0 Å². The fraction of sp³-hybridized carbons (Fsp3) is 0.294. The van der Waals surface area contributed by atoms with Crippen LogP contribution in [0, 0.1) is 0 Å². The summed E-state index contributed by atoms with van der Waals surface area (Å²) in [5.41, 5.74) is -4.39. The molecule has 0 atom stereocenters. The number of benzene rings is 2. The zero-order valence-corrected chi connectivity index (χ0v) is 16.9. The minimum atomic E-state index is -5.16. The SMILES string of the molecule is O=S(=O)(Nc1cc(C(F)(F)F)cc(C(F)(F)F)c1)c1cccc(S(=O)(=O)NC2CC2)c1. The molecule has 0 aromatic heterocycles. The third-order valence-electron chi connectivity index (χ3n) is 4.17. The predicted octanol–water partition coefficient (Wildman–Crippen LogP) is 3.97. The molecule has 0 unspecified atom stereocenters. The average molecular weight is 488 g/mol. The molecule has 0 saturated heterocycles. The molecule has 1 aliphatic rings. The Hall–Kier alpha value is -2.32. The normalized spacial score (nSPS) is 15.7. The number of rotatable bonds is 6. The van der Waals surface area contributed by atoms with Crippen LogP contribution in [0.5, 0.6) is 0 Å². The van der Waals surface area contributed by atoms with Crippen molar-refractivity contribution in [3.63, 3.8) is 0 Å². The number of halogens is 6. The van der Waals surface area contributed by atoms with Crippen molar-refractivity contribution < 1.29 is 43.2 Å². The van der Waals surface area contributed by atoms with E-state index in [1.54, 1.807) is 4.72 Å². The van der Waals surface area contributed by atoms with E-state index in [0.29, 0.717) is 12.8 Å². The standard InChI is InChI=1S/C17H14F6N2O4S2/c18-16(19,20)10-6-11(17(21,22)23)8-13(7-10)25-31(28,29)15-3-1-2-14(9-15)30(26,27)24-12-4-5-12/h1-3,6-9,12,24-25H,4-5H2. The Kier molecular flexibility index (Phi) is 5.78. The van der Waals surface area contributed by atoms with Gasteiger partial charge in [0.15, 0.2) is 0 Å². The summed E-state index contributed by atoms with van der Waals surface area (Å²) in [7, 11) is -8.75. The van der Waals surface area contributed by atoms with Gasteiger partial charge in [0.25, 0.3) is 10.0 Å². The zero-order chi connectivity index (χ0) is 23.2. The second kappa shape index (κ2) is 7.67. The van der Waals surface area contributed by atoms with E-state index in [0.717, 1.165) is 24.3 Å². The van der Waals surface area contributed by atoms with Gasteiger partial charge in [0, 0.05) is 6.04 Å². The molecule has 1 fully saturated rings. The topological polar surface area (TPSA) is 92.3 Å². The van der Waals surface area contributed by atoms with E-state index in [4.69, 9.17) is 0 Å². The highest BCUT2D eigenvalue weighted by molar-refractivity contribution is 7.93. The van der Waals surface area contributed by atoms with Gasteiger partial charge in [0.05, 0.1) is 26.6 Å². The lowest BCUT2D eigenvalue weighted by atomic mass is 10.1. The first-order valence-electron chi connectivity index (χ1n) is 8.53. The van der Waals surface area contributed by atoms with Crippen LogP contribution in [0.2, 0.25) is 0 Å². The molecule has 1 aliphatic carbocycles. The Labute approximate surface area is 173 Å². The summed E-state index contributed by atoms with van der Waals surface area (Å²) < 4.78 is 131. The molecule has 1 saturated carbocycles. The van der Waals surface area contributed by atoms with Crippen LogP contribution in [0.1, 0.15) is 24.0 Å². The van der Waals surface area contributed by atoms with Crippen molar-refractivity contribution in [1.29, 1.82) is 0 Å². The first kappa shape index (κ1) is 23.3. The maximum absolute atomic E-state index is 13.0. The summed E-state index contributed by atoms with van der Waals surface area (Å²) in [5.74, 6) is 0. The highest BCUT2D eigenvalue weighted by atomic mass is 32.2. The molecule has 2 N–H and O–H groups in total. The fourth-order valence-corrected chi connectivity index (χ4v) is 5.04. The molecule has 2 aromatic rings. The van der Waals surface area contributed by atoms with Crippen molar-refractivity contribution in [3.05, 3.63) is 53.6 Å². The van der Waals surface area contributed by atoms with Crippen molar-refractivity contribution in [2.45, 2.75) is 41.0 Å². The Morgan fingerprint density at radius 3 is 1.68 bits per heavy atom. The molecule has 0 spiro atoms. The lowest BCUT2D eigenvalue weighted by Crippen LogP contribution is -2.26. The van der Waals surface area contributed by atoms with E-state index in [9.17, 15) is 43.2 Å². The molecule has 0 radical (unpaired) electrons. The van der Waals surface area contributed by atoms with E-state index in [2.05, 4.69) is 4.72 Å². The summed E-state index contributed by atoms with van der Waals surface area (Å²) in [4.78, 5) is -1.07. The van der Waals surface area contributed by atoms with Crippen LogP contribution in [0.3, 0.4) is 0 Å². The van der Waals surface area contributed by atoms with Crippen LogP contribution in [-0.4, -0.2) is 22.9 Å². The highest BCUT2D eigenvalue weighted by Crippen LogP contribution is 2.38. The smallest absolute Gasteiger partial charge is 0.280 e. The summed E-state index contributed by atoms with van der Waals surface area (Å²) in [6.07, 6.45) is -9.08. The van der Waals surface area contributed by atoms with Crippen molar-refractivity contribution >= 4 is 25.7 Å². The van der Waals surface area contributed by atoms with E-state index < -0.39 is 59.0 Å². The number of sulfonamides is 2. The molecule has 0 aliphatic heterocycles. The Morgan fingerprint density at radius 1 is 0.742 bits per heavy atom. The van der Waals surface area contributed by atoms with Gasteiger partial charge in [-0.2, -0.15) is 26.3 Å². The van der Waals surface area contributed by atoms with E-state index >= 15 is 0 Å². The van der Waals surface area contributed by atoms with Gasteiger partial charge in [-0.3, -0.25) is 4.72 Å². The van der Waals surface area contributed by atoms with Gasteiger partial charge in [-0.1, -0.05) is 6.07 Å². The quantitative estimate of drug-likeness (QED) is 0.602. The lowest BCUT2D eigenvalue weighted by Gasteiger charge is -2.15. The van der Waals surface area contributed by atoms with Crippen molar-refractivity contribution in [2.75, 3.05) is 4.72 Å². The van der Waals surface area contributed by atoms with Crippen molar-refractivity contribution in [3.8, 4) is 0 Å². The minimum absolute atomic E-state index is 0.144. The van der Waals surface area contributed by atoms with Crippen molar-refractivity contribution in [1.82, 2.24) is 4.72 Å². The summed E-state index contributed by atoms with van der Waals surface area (Å²) in [6, 6.07) is 3.91. The molecule has 2 aromatic carbocycles. The zero-order valence-electron chi connectivity index (χ0n) is 15.3. The van der Waals surface area contributed by atoms with Gasteiger partial charge in [-0.05, 0) is 49.2 Å². The average Bonchev–Trinajstić information content (AvgIpc) is 3.43. The molecular weight excluding hydrogens is 474 g/mol. The van der Waals surface area contributed by atoms with Crippen LogP contribution in [0.15, 0.2) is 52.3 Å². The third-order valence-corrected chi connectivity index (χ3v) is 7.06. The Balaban J connectivity index is 1.98. The Bertz CT molecular complexity index is 1170. The molecule has 170 valence electrons. The van der Waals surface area contributed by atoms with Gasteiger partial charge in [0.1, 0.15) is 0 Å². The molecule has 0 heterocycles. The van der Waals surface area contributed by atoms with Gasteiger partial charge in [-0.25, -0.2) is 21.6 Å². The van der Waals surface area contributed by atoms with Gasteiger partial charge >= 0.3 is 12.4 Å².